The first-order valence-electron chi connectivity index (χ1n) is 10.6. The Hall–Kier alpha value is -2.80. The molecule has 0 saturated carbocycles. The molecule has 1 atom stereocenters. The first kappa shape index (κ1) is 18.2. The van der Waals surface area contributed by atoms with Gasteiger partial charge in [0.1, 0.15) is 11.3 Å². The summed E-state index contributed by atoms with van der Waals surface area (Å²) in [4.78, 5) is 21.0. The molecular weight excluding hydrogens is 362 g/mol. The van der Waals surface area contributed by atoms with Gasteiger partial charge in [0, 0.05) is 43.8 Å². The largest absolute Gasteiger partial charge is 0.368 e. The van der Waals surface area contributed by atoms with E-state index >= 15 is 0 Å². The summed E-state index contributed by atoms with van der Waals surface area (Å²) in [6, 6.07) is 6.21. The summed E-state index contributed by atoms with van der Waals surface area (Å²) in [6.45, 7) is 5.26. The number of piperidine rings is 1. The van der Waals surface area contributed by atoms with Gasteiger partial charge < -0.3 is 15.5 Å². The third kappa shape index (κ3) is 4.00. The molecule has 5 rings (SSSR count). The van der Waals surface area contributed by atoms with Crippen molar-refractivity contribution < 1.29 is 0 Å². The van der Waals surface area contributed by atoms with Crippen molar-refractivity contribution in [3.63, 3.8) is 0 Å². The Balaban J connectivity index is 1.42. The van der Waals surface area contributed by atoms with Crippen LogP contribution in [0.4, 0.5) is 11.6 Å². The number of hydrogen-bond acceptors (Lipinski definition) is 7. The Labute approximate surface area is 171 Å². The average molecular weight is 390 g/mol. The van der Waals surface area contributed by atoms with Crippen molar-refractivity contribution >= 4 is 22.7 Å². The minimum atomic E-state index is 0.613. The SMILES string of the molecule is c1cnc2c(NCC3CCCNC3)nc(-c3ccc(N4CCCC4)nc3)cc2n1. The molecule has 0 radical (unpaired) electrons. The molecule has 2 aliphatic heterocycles. The molecule has 0 spiro atoms. The van der Waals surface area contributed by atoms with Gasteiger partial charge in [-0.2, -0.15) is 0 Å². The van der Waals surface area contributed by atoms with E-state index in [1.165, 1.54) is 25.7 Å². The van der Waals surface area contributed by atoms with Crippen molar-refractivity contribution in [3.8, 4) is 11.3 Å². The van der Waals surface area contributed by atoms with Crippen molar-refractivity contribution in [1.29, 1.82) is 0 Å². The molecule has 150 valence electrons. The molecule has 5 heterocycles. The Kier molecular flexibility index (Phi) is 5.21. The van der Waals surface area contributed by atoms with Crippen molar-refractivity contribution in [2.24, 2.45) is 5.92 Å². The molecule has 2 saturated heterocycles. The summed E-state index contributed by atoms with van der Waals surface area (Å²) in [7, 11) is 0. The number of rotatable bonds is 5. The molecule has 0 aromatic carbocycles. The van der Waals surface area contributed by atoms with E-state index in [-0.39, 0.29) is 0 Å². The standard InChI is InChI=1S/C22H27N7/c1-2-11-29(10-1)20-6-5-17(15-26-20)18-12-19-21(25-9-8-24-19)22(28-18)27-14-16-4-3-7-23-13-16/h5-6,8-9,12,15-16,23H,1-4,7,10-11,13-14H2,(H,27,28). The Morgan fingerprint density at radius 3 is 2.76 bits per heavy atom. The lowest BCUT2D eigenvalue weighted by molar-refractivity contribution is 0.392. The van der Waals surface area contributed by atoms with E-state index in [2.05, 4.69) is 42.6 Å². The maximum Gasteiger partial charge on any atom is 0.154 e. The van der Waals surface area contributed by atoms with E-state index in [1.54, 1.807) is 12.4 Å². The van der Waals surface area contributed by atoms with Crippen LogP contribution in [-0.2, 0) is 0 Å². The third-order valence-electron chi connectivity index (χ3n) is 5.89. The van der Waals surface area contributed by atoms with Crippen molar-refractivity contribution in [3.05, 3.63) is 36.8 Å². The predicted molar refractivity (Wildman–Crippen MR) is 116 cm³/mol. The second-order valence-corrected chi connectivity index (χ2v) is 7.97. The molecule has 3 aromatic rings. The fourth-order valence-electron chi connectivity index (χ4n) is 4.25. The normalized spacial score (nSPS) is 19.6. The zero-order valence-electron chi connectivity index (χ0n) is 16.6. The summed E-state index contributed by atoms with van der Waals surface area (Å²) in [5.41, 5.74) is 3.55. The summed E-state index contributed by atoms with van der Waals surface area (Å²) in [5, 5.41) is 7.01. The zero-order valence-corrected chi connectivity index (χ0v) is 16.6. The number of fused-ring (bicyclic) bond motifs is 1. The number of aromatic nitrogens is 4. The molecule has 0 aliphatic carbocycles. The molecule has 2 aliphatic rings. The van der Waals surface area contributed by atoms with Crippen LogP contribution < -0.4 is 15.5 Å². The zero-order chi connectivity index (χ0) is 19.5. The average Bonchev–Trinajstić information content (AvgIpc) is 3.33. The summed E-state index contributed by atoms with van der Waals surface area (Å²) in [6.07, 6.45) is 10.4. The lowest BCUT2D eigenvalue weighted by atomic mass is 10.00. The van der Waals surface area contributed by atoms with Crippen molar-refractivity contribution in [1.82, 2.24) is 25.3 Å². The molecule has 29 heavy (non-hydrogen) atoms. The van der Waals surface area contributed by atoms with Gasteiger partial charge in [-0.05, 0) is 62.9 Å². The minimum absolute atomic E-state index is 0.613. The van der Waals surface area contributed by atoms with Crippen LogP contribution >= 0.6 is 0 Å². The van der Waals surface area contributed by atoms with Gasteiger partial charge in [-0.15, -0.1) is 0 Å². The van der Waals surface area contributed by atoms with Crippen LogP contribution in [0, 0.1) is 5.92 Å². The van der Waals surface area contributed by atoms with Crippen LogP contribution in [0.1, 0.15) is 25.7 Å². The second-order valence-electron chi connectivity index (χ2n) is 7.97. The first-order chi connectivity index (χ1) is 14.4. The van der Waals surface area contributed by atoms with E-state index in [4.69, 9.17) is 4.98 Å². The Morgan fingerprint density at radius 2 is 1.97 bits per heavy atom. The van der Waals surface area contributed by atoms with Gasteiger partial charge in [-0.3, -0.25) is 4.98 Å². The Morgan fingerprint density at radius 1 is 1.07 bits per heavy atom. The van der Waals surface area contributed by atoms with Gasteiger partial charge in [0.2, 0.25) is 0 Å². The van der Waals surface area contributed by atoms with Crippen molar-refractivity contribution in [2.45, 2.75) is 25.7 Å². The highest BCUT2D eigenvalue weighted by Gasteiger charge is 2.16. The number of nitrogens with zero attached hydrogens (tertiary/aromatic N) is 5. The van der Waals surface area contributed by atoms with Crippen LogP contribution in [-0.4, -0.2) is 52.7 Å². The summed E-state index contributed by atoms with van der Waals surface area (Å²) in [5.74, 6) is 2.47. The van der Waals surface area contributed by atoms with Crippen LogP contribution in [0.15, 0.2) is 36.8 Å². The van der Waals surface area contributed by atoms with E-state index in [1.807, 2.05) is 12.3 Å². The highest BCUT2D eigenvalue weighted by molar-refractivity contribution is 5.88. The summed E-state index contributed by atoms with van der Waals surface area (Å²) < 4.78 is 0. The van der Waals surface area contributed by atoms with Crippen LogP contribution in [0.2, 0.25) is 0 Å². The lowest BCUT2D eigenvalue weighted by Gasteiger charge is -2.23. The lowest BCUT2D eigenvalue weighted by Crippen LogP contribution is -2.33. The van der Waals surface area contributed by atoms with Gasteiger partial charge in [-0.1, -0.05) is 0 Å². The van der Waals surface area contributed by atoms with Gasteiger partial charge in [0.25, 0.3) is 0 Å². The molecule has 7 nitrogen and oxygen atoms in total. The fourth-order valence-corrected chi connectivity index (χ4v) is 4.25. The van der Waals surface area contributed by atoms with Crippen LogP contribution in [0.25, 0.3) is 22.3 Å². The van der Waals surface area contributed by atoms with Crippen LogP contribution in [0.5, 0.6) is 0 Å². The highest BCUT2D eigenvalue weighted by Crippen LogP contribution is 2.27. The maximum absolute atomic E-state index is 4.90. The van der Waals surface area contributed by atoms with Crippen molar-refractivity contribution in [2.75, 3.05) is 42.9 Å². The number of pyridine rings is 2. The molecule has 3 aromatic heterocycles. The summed E-state index contributed by atoms with van der Waals surface area (Å²) >= 11 is 0. The monoisotopic (exact) mass is 389 g/mol. The van der Waals surface area contributed by atoms with Gasteiger partial charge >= 0.3 is 0 Å². The van der Waals surface area contributed by atoms with Gasteiger partial charge in [-0.25, -0.2) is 15.0 Å². The molecule has 0 amide bonds. The number of hydrogen-bond donors (Lipinski definition) is 2. The molecular formula is C22H27N7. The number of nitrogens with one attached hydrogen (secondary N) is 2. The molecule has 1 unspecified atom stereocenters. The van der Waals surface area contributed by atoms with E-state index < -0.39 is 0 Å². The fraction of sp³-hybridized carbons (Fsp3) is 0.455. The third-order valence-corrected chi connectivity index (χ3v) is 5.89. The minimum Gasteiger partial charge on any atom is -0.368 e. The highest BCUT2D eigenvalue weighted by atomic mass is 15.2. The van der Waals surface area contributed by atoms with Crippen LogP contribution in [0.3, 0.4) is 0 Å². The van der Waals surface area contributed by atoms with E-state index in [9.17, 15) is 0 Å². The van der Waals surface area contributed by atoms with Gasteiger partial charge in [0.05, 0.1) is 11.2 Å². The predicted octanol–water partition coefficient (Wildman–Crippen LogP) is 3.10. The second kappa shape index (κ2) is 8.29. The number of anilines is 2. The van der Waals surface area contributed by atoms with E-state index in [0.717, 1.165) is 66.7 Å². The molecule has 7 heteroatoms. The van der Waals surface area contributed by atoms with Gasteiger partial charge in [0.15, 0.2) is 5.82 Å². The molecule has 0 bridgehead atoms. The Bertz CT molecular complexity index is 961. The van der Waals surface area contributed by atoms with E-state index in [0.29, 0.717) is 5.92 Å². The first-order valence-corrected chi connectivity index (χ1v) is 10.6. The molecule has 2 N–H and O–H groups in total. The smallest absolute Gasteiger partial charge is 0.154 e. The quantitative estimate of drug-likeness (QED) is 0.694. The maximum atomic E-state index is 4.90. The molecule has 2 fully saturated rings. The topological polar surface area (TPSA) is 78.9 Å².